The Morgan fingerprint density at radius 3 is 2.39 bits per heavy atom. The van der Waals surface area contributed by atoms with Crippen LogP contribution in [0.1, 0.15) is 10.4 Å². The summed E-state index contributed by atoms with van der Waals surface area (Å²) in [5.41, 5.74) is 1.38. The molecule has 114 valence electrons. The molecule has 1 heterocycles. The highest BCUT2D eigenvalue weighted by Gasteiger charge is 2.07. The Morgan fingerprint density at radius 1 is 0.957 bits per heavy atom. The molecule has 23 heavy (non-hydrogen) atoms. The second-order valence-corrected chi connectivity index (χ2v) is 4.70. The first-order valence-corrected chi connectivity index (χ1v) is 7.01. The lowest BCUT2D eigenvalue weighted by atomic mass is 10.2. The van der Waals surface area contributed by atoms with Crippen molar-refractivity contribution in [2.45, 2.75) is 0 Å². The van der Waals surface area contributed by atoms with Gasteiger partial charge in [-0.25, -0.2) is 9.78 Å². The second-order valence-electron chi connectivity index (χ2n) is 4.70. The zero-order chi connectivity index (χ0) is 16.1. The van der Waals surface area contributed by atoms with E-state index in [1.54, 1.807) is 36.5 Å². The van der Waals surface area contributed by atoms with E-state index in [9.17, 15) is 4.79 Å². The summed E-state index contributed by atoms with van der Waals surface area (Å²) in [6, 6.07) is 18.0. The molecule has 0 bridgehead atoms. The molecule has 0 aliphatic rings. The Hall–Kier alpha value is -3.21. The van der Waals surface area contributed by atoms with E-state index in [0.717, 1.165) is 5.56 Å². The monoisotopic (exact) mass is 306 g/mol. The Kier molecular flexibility index (Phi) is 4.29. The molecule has 5 heteroatoms. The third-order valence-corrected chi connectivity index (χ3v) is 3.16. The largest absolute Gasteiger partial charge is 0.465 e. The van der Waals surface area contributed by atoms with Gasteiger partial charge in [0.1, 0.15) is 5.75 Å². The van der Waals surface area contributed by atoms with Crippen LogP contribution in [-0.2, 0) is 4.74 Å². The van der Waals surface area contributed by atoms with E-state index in [1.807, 2.05) is 30.3 Å². The zero-order valence-corrected chi connectivity index (χ0v) is 12.5. The Labute approximate surface area is 133 Å². The Morgan fingerprint density at radius 2 is 1.70 bits per heavy atom. The van der Waals surface area contributed by atoms with Gasteiger partial charge in [-0.1, -0.05) is 30.3 Å². The van der Waals surface area contributed by atoms with Crippen LogP contribution in [0.5, 0.6) is 11.6 Å². The molecule has 0 spiro atoms. The molecule has 0 unspecified atom stereocenters. The van der Waals surface area contributed by atoms with Crippen LogP contribution in [0.25, 0.3) is 11.4 Å². The summed E-state index contributed by atoms with van der Waals surface area (Å²) in [5, 5.41) is 0. The van der Waals surface area contributed by atoms with Gasteiger partial charge in [0.05, 0.1) is 12.7 Å². The maximum absolute atomic E-state index is 11.4. The maximum Gasteiger partial charge on any atom is 0.337 e. The van der Waals surface area contributed by atoms with E-state index >= 15 is 0 Å². The molecular weight excluding hydrogens is 292 g/mol. The molecule has 0 radical (unpaired) electrons. The number of hydrogen-bond acceptors (Lipinski definition) is 5. The van der Waals surface area contributed by atoms with Crippen molar-refractivity contribution < 1.29 is 14.3 Å². The Bertz CT molecular complexity index is 802. The standard InChI is InChI=1S/C18H14N2O3/c1-22-18(21)14-7-9-15(10-8-14)23-16-11-12-19-17(20-16)13-5-3-2-4-6-13/h2-12H,1H3. The number of ether oxygens (including phenoxy) is 2. The van der Waals surface area contributed by atoms with Crippen molar-refractivity contribution in [3.8, 4) is 23.0 Å². The van der Waals surface area contributed by atoms with E-state index in [4.69, 9.17) is 4.74 Å². The molecule has 1 aromatic heterocycles. The van der Waals surface area contributed by atoms with Crippen LogP contribution < -0.4 is 4.74 Å². The maximum atomic E-state index is 11.4. The van der Waals surface area contributed by atoms with Crippen molar-refractivity contribution in [2.24, 2.45) is 0 Å². The van der Waals surface area contributed by atoms with Crippen LogP contribution in [0.3, 0.4) is 0 Å². The van der Waals surface area contributed by atoms with Gasteiger partial charge in [0, 0.05) is 17.8 Å². The molecule has 0 atom stereocenters. The van der Waals surface area contributed by atoms with Gasteiger partial charge < -0.3 is 9.47 Å². The van der Waals surface area contributed by atoms with E-state index in [1.165, 1.54) is 7.11 Å². The first-order valence-electron chi connectivity index (χ1n) is 7.01. The molecule has 5 nitrogen and oxygen atoms in total. The normalized spacial score (nSPS) is 10.1. The summed E-state index contributed by atoms with van der Waals surface area (Å²) >= 11 is 0. The molecule has 0 fully saturated rings. The molecule has 0 amide bonds. The zero-order valence-electron chi connectivity index (χ0n) is 12.5. The number of nitrogens with zero attached hydrogens (tertiary/aromatic N) is 2. The smallest absolute Gasteiger partial charge is 0.337 e. The van der Waals surface area contributed by atoms with Crippen molar-refractivity contribution in [2.75, 3.05) is 7.11 Å². The quantitative estimate of drug-likeness (QED) is 0.687. The lowest BCUT2D eigenvalue weighted by Gasteiger charge is -2.07. The minimum Gasteiger partial charge on any atom is -0.465 e. The molecule has 0 saturated carbocycles. The lowest BCUT2D eigenvalue weighted by molar-refractivity contribution is 0.0600. The average molecular weight is 306 g/mol. The van der Waals surface area contributed by atoms with Crippen LogP contribution in [0.2, 0.25) is 0 Å². The Balaban J connectivity index is 1.79. The van der Waals surface area contributed by atoms with Crippen LogP contribution in [0.4, 0.5) is 0 Å². The number of methoxy groups -OCH3 is 1. The minimum absolute atomic E-state index is 0.384. The fourth-order valence-electron chi connectivity index (χ4n) is 2.02. The third kappa shape index (κ3) is 3.52. The lowest BCUT2D eigenvalue weighted by Crippen LogP contribution is -2.00. The summed E-state index contributed by atoms with van der Waals surface area (Å²) in [6.45, 7) is 0. The molecule has 3 rings (SSSR count). The summed E-state index contributed by atoms with van der Waals surface area (Å²) in [6.07, 6.45) is 1.65. The number of carbonyl (C=O) groups is 1. The molecule has 0 N–H and O–H groups in total. The van der Waals surface area contributed by atoms with Crippen molar-refractivity contribution in [3.63, 3.8) is 0 Å². The van der Waals surface area contributed by atoms with E-state index in [-0.39, 0.29) is 5.97 Å². The van der Waals surface area contributed by atoms with Gasteiger partial charge in [-0.15, -0.1) is 0 Å². The van der Waals surface area contributed by atoms with E-state index < -0.39 is 0 Å². The van der Waals surface area contributed by atoms with Gasteiger partial charge in [-0.2, -0.15) is 4.98 Å². The highest BCUT2D eigenvalue weighted by Crippen LogP contribution is 2.22. The van der Waals surface area contributed by atoms with Crippen molar-refractivity contribution in [1.82, 2.24) is 9.97 Å². The molecule has 3 aromatic rings. The second kappa shape index (κ2) is 6.70. The number of benzene rings is 2. The molecule has 2 aromatic carbocycles. The van der Waals surface area contributed by atoms with E-state index in [2.05, 4.69) is 14.7 Å². The molecule has 0 aliphatic heterocycles. The number of rotatable bonds is 4. The fourth-order valence-corrected chi connectivity index (χ4v) is 2.02. The highest BCUT2D eigenvalue weighted by atomic mass is 16.5. The number of carbonyl (C=O) groups excluding carboxylic acids is 1. The van der Waals surface area contributed by atoms with Gasteiger partial charge >= 0.3 is 5.97 Å². The van der Waals surface area contributed by atoms with Crippen molar-refractivity contribution in [3.05, 3.63) is 72.4 Å². The fraction of sp³-hybridized carbons (Fsp3) is 0.0556. The number of esters is 1. The van der Waals surface area contributed by atoms with Gasteiger partial charge in [-0.3, -0.25) is 0 Å². The van der Waals surface area contributed by atoms with Crippen molar-refractivity contribution in [1.29, 1.82) is 0 Å². The first kappa shape index (κ1) is 14.7. The minimum atomic E-state index is -0.384. The predicted molar refractivity (Wildman–Crippen MR) is 85.3 cm³/mol. The topological polar surface area (TPSA) is 61.3 Å². The first-order chi connectivity index (χ1) is 11.3. The van der Waals surface area contributed by atoms with Crippen molar-refractivity contribution >= 4 is 5.97 Å². The molecule has 0 aliphatic carbocycles. The molecular formula is C18H14N2O3. The number of aromatic nitrogens is 2. The van der Waals surface area contributed by atoms with Crippen LogP contribution in [0, 0.1) is 0 Å². The van der Waals surface area contributed by atoms with Crippen LogP contribution in [-0.4, -0.2) is 23.0 Å². The van der Waals surface area contributed by atoms with Crippen LogP contribution >= 0.6 is 0 Å². The SMILES string of the molecule is COC(=O)c1ccc(Oc2ccnc(-c3ccccc3)n2)cc1. The van der Waals surface area contributed by atoms with Gasteiger partial charge in [0.25, 0.3) is 0 Å². The summed E-state index contributed by atoms with van der Waals surface area (Å²) in [5.74, 6) is 1.22. The van der Waals surface area contributed by atoms with Gasteiger partial charge in [0.15, 0.2) is 5.82 Å². The van der Waals surface area contributed by atoms with Gasteiger partial charge in [0.2, 0.25) is 5.88 Å². The summed E-state index contributed by atoms with van der Waals surface area (Å²) in [7, 11) is 1.35. The average Bonchev–Trinajstić information content (AvgIpc) is 2.63. The summed E-state index contributed by atoms with van der Waals surface area (Å²) < 4.78 is 10.4. The highest BCUT2D eigenvalue weighted by molar-refractivity contribution is 5.89. The predicted octanol–water partition coefficient (Wildman–Crippen LogP) is 3.72. The summed E-state index contributed by atoms with van der Waals surface area (Å²) in [4.78, 5) is 20.0. The van der Waals surface area contributed by atoms with Crippen LogP contribution in [0.15, 0.2) is 66.9 Å². The molecule has 0 saturated heterocycles. The van der Waals surface area contributed by atoms with Gasteiger partial charge in [-0.05, 0) is 24.3 Å². The third-order valence-electron chi connectivity index (χ3n) is 3.16. The number of hydrogen-bond donors (Lipinski definition) is 0. The van der Waals surface area contributed by atoms with E-state index in [0.29, 0.717) is 23.0 Å².